The summed E-state index contributed by atoms with van der Waals surface area (Å²) in [6, 6.07) is 1.91. The van der Waals surface area contributed by atoms with Crippen molar-refractivity contribution in [2.45, 2.75) is 44.8 Å². The van der Waals surface area contributed by atoms with Crippen LogP contribution in [-0.2, 0) is 11.2 Å². The van der Waals surface area contributed by atoms with Crippen LogP contribution >= 0.6 is 0 Å². The molecule has 1 saturated carbocycles. The first-order valence-corrected chi connectivity index (χ1v) is 6.08. The lowest BCUT2D eigenvalue weighted by atomic mass is 9.78. The number of hydrogen-bond acceptors (Lipinski definition) is 3. The maximum Gasteiger partial charge on any atom is 0.0935 e. The normalized spacial score (nSPS) is 26.4. The highest BCUT2D eigenvalue weighted by Gasteiger charge is 2.30. The van der Waals surface area contributed by atoms with Crippen LogP contribution in [-0.4, -0.2) is 23.9 Å². The van der Waals surface area contributed by atoms with E-state index in [2.05, 4.69) is 0 Å². The Labute approximate surface area is 96.4 Å². The van der Waals surface area contributed by atoms with Gasteiger partial charge in [-0.1, -0.05) is 0 Å². The monoisotopic (exact) mass is 224 g/mol. The lowest BCUT2D eigenvalue weighted by molar-refractivity contribution is -0.0375. The van der Waals surface area contributed by atoms with Gasteiger partial charge in [-0.25, -0.2) is 0 Å². The minimum atomic E-state index is -0.245. The van der Waals surface area contributed by atoms with Gasteiger partial charge in [0.1, 0.15) is 0 Å². The second-order valence-electron chi connectivity index (χ2n) is 4.64. The van der Waals surface area contributed by atoms with Gasteiger partial charge in [-0.05, 0) is 43.7 Å². The Morgan fingerprint density at radius 1 is 1.56 bits per heavy atom. The Morgan fingerprint density at radius 3 is 3.00 bits per heavy atom. The zero-order chi connectivity index (χ0) is 11.4. The van der Waals surface area contributed by atoms with E-state index in [-0.39, 0.29) is 6.10 Å². The Kier molecular flexibility index (Phi) is 4.02. The predicted molar refractivity (Wildman–Crippen MR) is 61.2 cm³/mol. The second kappa shape index (κ2) is 5.51. The van der Waals surface area contributed by atoms with Crippen LogP contribution in [0.2, 0.25) is 0 Å². The largest absolute Gasteiger partial charge is 0.472 e. The molecule has 1 aromatic rings. The highest BCUT2D eigenvalue weighted by molar-refractivity contribution is 5.06. The Morgan fingerprint density at radius 2 is 2.38 bits per heavy atom. The summed E-state index contributed by atoms with van der Waals surface area (Å²) in [5.74, 6) is 0.637. The van der Waals surface area contributed by atoms with Gasteiger partial charge in [-0.15, -0.1) is 0 Å². The summed E-state index contributed by atoms with van der Waals surface area (Å²) < 4.78 is 10.5. The number of furan rings is 1. The standard InChI is InChI=1S/C13H20O3/c1-2-16-13-7-11(8-13)6-12(14)5-10-3-4-15-9-10/h3-4,9,11-14H,2,5-8H2,1H3. The van der Waals surface area contributed by atoms with Gasteiger partial charge in [0.25, 0.3) is 0 Å². The van der Waals surface area contributed by atoms with Crippen LogP contribution in [0, 0.1) is 5.92 Å². The summed E-state index contributed by atoms with van der Waals surface area (Å²) in [7, 11) is 0. The van der Waals surface area contributed by atoms with E-state index in [1.807, 2.05) is 13.0 Å². The van der Waals surface area contributed by atoms with E-state index in [1.165, 1.54) is 0 Å². The van der Waals surface area contributed by atoms with Crippen molar-refractivity contribution in [1.82, 2.24) is 0 Å². The summed E-state index contributed by atoms with van der Waals surface area (Å²) in [6.07, 6.45) is 7.35. The Balaban J connectivity index is 1.64. The van der Waals surface area contributed by atoms with Crippen molar-refractivity contribution in [1.29, 1.82) is 0 Å². The van der Waals surface area contributed by atoms with Gasteiger partial charge in [0.15, 0.2) is 0 Å². The van der Waals surface area contributed by atoms with Crippen LogP contribution in [0.15, 0.2) is 23.0 Å². The topological polar surface area (TPSA) is 42.6 Å². The zero-order valence-corrected chi connectivity index (χ0v) is 9.76. The van der Waals surface area contributed by atoms with Crippen LogP contribution < -0.4 is 0 Å². The number of rotatable bonds is 6. The summed E-state index contributed by atoms with van der Waals surface area (Å²) in [6.45, 7) is 2.83. The molecule has 0 amide bonds. The smallest absolute Gasteiger partial charge is 0.0935 e. The molecule has 1 aromatic heterocycles. The van der Waals surface area contributed by atoms with Crippen LogP contribution in [0.4, 0.5) is 0 Å². The van der Waals surface area contributed by atoms with E-state index in [0.29, 0.717) is 18.4 Å². The third kappa shape index (κ3) is 3.09. The highest BCUT2D eigenvalue weighted by atomic mass is 16.5. The molecular formula is C13H20O3. The van der Waals surface area contributed by atoms with Crippen LogP contribution in [0.5, 0.6) is 0 Å². The first-order valence-electron chi connectivity index (χ1n) is 6.08. The third-order valence-electron chi connectivity index (χ3n) is 3.25. The minimum absolute atomic E-state index is 0.245. The molecular weight excluding hydrogens is 204 g/mol. The average Bonchev–Trinajstić information content (AvgIpc) is 2.67. The molecule has 1 unspecified atom stereocenters. The SMILES string of the molecule is CCOC1CC(CC(O)Cc2ccoc2)C1. The molecule has 16 heavy (non-hydrogen) atoms. The van der Waals surface area contributed by atoms with E-state index in [9.17, 15) is 5.11 Å². The predicted octanol–water partition coefficient (Wildman–Crippen LogP) is 2.39. The molecule has 0 bridgehead atoms. The molecule has 0 aromatic carbocycles. The van der Waals surface area contributed by atoms with Gasteiger partial charge in [-0.2, -0.15) is 0 Å². The van der Waals surface area contributed by atoms with Crippen molar-refractivity contribution in [2.24, 2.45) is 5.92 Å². The molecule has 2 rings (SSSR count). The molecule has 0 spiro atoms. The molecule has 3 heteroatoms. The molecule has 1 N–H and O–H groups in total. The van der Waals surface area contributed by atoms with E-state index in [0.717, 1.165) is 31.4 Å². The van der Waals surface area contributed by atoms with Gasteiger partial charge in [-0.3, -0.25) is 0 Å². The summed E-state index contributed by atoms with van der Waals surface area (Å²) in [5, 5.41) is 9.89. The van der Waals surface area contributed by atoms with E-state index < -0.39 is 0 Å². The van der Waals surface area contributed by atoms with Gasteiger partial charge in [0.05, 0.1) is 24.7 Å². The fourth-order valence-electron chi connectivity index (χ4n) is 2.39. The van der Waals surface area contributed by atoms with Crippen molar-refractivity contribution in [3.63, 3.8) is 0 Å². The first-order chi connectivity index (χ1) is 7.78. The van der Waals surface area contributed by atoms with Gasteiger partial charge >= 0.3 is 0 Å². The number of hydrogen-bond donors (Lipinski definition) is 1. The second-order valence-corrected chi connectivity index (χ2v) is 4.64. The molecule has 1 aliphatic carbocycles. The summed E-state index contributed by atoms with van der Waals surface area (Å²) >= 11 is 0. The van der Waals surface area contributed by atoms with Crippen molar-refractivity contribution in [3.8, 4) is 0 Å². The Bertz CT molecular complexity index is 288. The maximum absolute atomic E-state index is 9.89. The number of ether oxygens (including phenoxy) is 1. The molecule has 1 aliphatic rings. The zero-order valence-electron chi connectivity index (χ0n) is 9.76. The quantitative estimate of drug-likeness (QED) is 0.806. The minimum Gasteiger partial charge on any atom is -0.472 e. The van der Waals surface area contributed by atoms with Crippen molar-refractivity contribution < 1.29 is 14.3 Å². The molecule has 0 saturated heterocycles. The highest BCUT2D eigenvalue weighted by Crippen LogP contribution is 2.34. The van der Waals surface area contributed by atoms with Gasteiger partial charge in [0.2, 0.25) is 0 Å². The maximum atomic E-state index is 9.89. The average molecular weight is 224 g/mol. The molecule has 1 fully saturated rings. The van der Waals surface area contributed by atoms with Crippen LogP contribution in [0.25, 0.3) is 0 Å². The third-order valence-corrected chi connectivity index (χ3v) is 3.25. The van der Waals surface area contributed by atoms with E-state index >= 15 is 0 Å². The summed E-state index contributed by atoms with van der Waals surface area (Å²) in [4.78, 5) is 0. The molecule has 90 valence electrons. The summed E-state index contributed by atoms with van der Waals surface area (Å²) in [5.41, 5.74) is 1.08. The van der Waals surface area contributed by atoms with Crippen molar-refractivity contribution >= 4 is 0 Å². The lowest BCUT2D eigenvalue weighted by Crippen LogP contribution is -2.34. The fourth-order valence-corrected chi connectivity index (χ4v) is 2.39. The van der Waals surface area contributed by atoms with Crippen LogP contribution in [0.1, 0.15) is 31.7 Å². The first kappa shape index (κ1) is 11.7. The van der Waals surface area contributed by atoms with Crippen molar-refractivity contribution in [3.05, 3.63) is 24.2 Å². The lowest BCUT2D eigenvalue weighted by Gasteiger charge is -2.36. The number of aliphatic hydroxyl groups is 1. The van der Waals surface area contributed by atoms with E-state index in [4.69, 9.17) is 9.15 Å². The molecule has 1 atom stereocenters. The fraction of sp³-hybridized carbons (Fsp3) is 0.692. The molecule has 0 radical (unpaired) electrons. The van der Waals surface area contributed by atoms with Crippen molar-refractivity contribution in [2.75, 3.05) is 6.61 Å². The van der Waals surface area contributed by atoms with Gasteiger partial charge in [0, 0.05) is 13.0 Å². The molecule has 3 nitrogen and oxygen atoms in total. The molecule has 1 heterocycles. The molecule has 0 aliphatic heterocycles. The van der Waals surface area contributed by atoms with E-state index in [1.54, 1.807) is 12.5 Å². The van der Waals surface area contributed by atoms with Crippen LogP contribution in [0.3, 0.4) is 0 Å². The van der Waals surface area contributed by atoms with Gasteiger partial charge < -0.3 is 14.3 Å². The Hall–Kier alpha value is -0.800. The number of aliphatic hydroxyl groups excluding tert-OH is 1.